The van der Waals surface area contributed by atoms with Gasteiger partial charge in [0.25, 0.3) is 5.91 Å². The smallest absolute Gasteiger partial charge is 0.291 e. The van der Waals surface area contributed by atoms with Crippen LogP contribution < -0.4 is 9.75 Å². The molecule has 2 aliphatic rings. The molecule has 1 N–H and O–H groups in total. The molecule has 2 aliphatic heterocycles. The highest BCUT2D eigenvalue weighted by atomic mass is 35.5. The summed E-state index contributed by atoms with van der Waals surface area (Å²) in [5, 5.41) is 12.2. The van der Waals surface area contributed by atoms with Crippen LogP contribution in [0.1, 0.15) is 49.2 Å². The lowest BCUT2D eigenvalue weighted by atomic mass is 9.89. The quantitative estimate of drug-likeness (QED) is 0.505. The maximum atomic E-state index is 14.1. The van der Waals surface area contributed by atoms with Crippen molar-refractivity contribution in [2.24, 2.45) is 0 Å². The SMILES string of the molecule is CC1(C)Oc2ccccc2-c2n[nH]c(C(=O)N(c3ccc(Cl)cc3Cl)N3CCCCC3)c21. The van der Waals surface area contributed by atoms with E-state index < -0.39 is 5.60 Å². The zero-order valence-corrected chi connectivity index (χ0v) is 19.5. The van der Waals surface area contributed by atoms with E-state index in [1.807, 2.05) is 38.1 Å². The Balaban J connectivity index is 1.64. The van der Waals surface area contributed by atoms with Gasteiger partial charge < -0.3 is 4.74 Å². The van der Waals surface area contributed by atoms with Crippen LogP contribution in [0.3, 0.4) is 0 Å². The van der Waals surface area contributed by atoms with E-state index in [0.29, 0.717) is 21.4 Å². The number of aromatic amines is 1. The number of nitrogens with zero attached hydrogens (tertiary/aromatic N) is 3. The van der Waals surface area contributed by atoms with Gasteiger partial charge in [0.05, 0.1) is 16.3 Å². The normalized spacial score (nSPS) is 17.2. The van der Waals surface area contributed by atoms with Crippen molar-refractivity contribution in [1.29, 1.82) is 0 Å². The monoisotopic (exact) mass is 470 g/mol. The number of rotatable bonds is 3. The van der Waals surface area contributed by atoms with Crippen LogP contribution >= 0.6 is 23.2 Å². The average molecular weight is 471 g/mol. The molecule has 1 aromatic heterocycles. The number of carbonyl (C=O) groups excluding carboxylic acids is 1. The standard InChI is InChI=1S/C24H24Cl2N4O2/c1-24(2)20-21(16-8-4-5-9-19(16)32-24)27-28-22(20)23(31)30(29-12-6-3-7-13-29)18-11-10-15(25)14-17(18)26/h4-5,8-11,14H,3,6-7,12-13H2,1-2H3,(H,27,28). The summed E-state index contributed by atoms with van der Waals surface area (Å²) in [7, 11) is 0. The predicted octanol–water partition coefficient (Wildman–Crippen LogP) is 6.06. The molecular weight excluding hydrogens is 447 g/mol. The van der Waals surface area contributed by atoms with E-state index in [2.05, 4.69) is 15.2 Å². The average Bonchev–Trinajstić information content (AvgIpc) is 3.23. The molecule has 0 spiro atoms. The second-order valence-corrected chi connectivity index (χ2v) is 9.50. The Morgan fingerprint density at radius 3 is 2.62 bits per heavy atom. The maximum absolute atomic E-state index is 14.1. The lowest BCUT2D eigenvalue weighted by Crippen LogP contribution is -2.50. The van der Waals surface area contributed by atoms with Gasteiger partial charge in [-0.05, 0) is 57.0 Å². The van der Waals surface area contributed by atoms with Crippen LogP contribution in [0.2, 0.25) is 10.0 Å². The third-order valence-electron chi connectivity index (χ3n) is 6.04. The number of H-pyrrole nitrogens is 1. The number of halogens is 2. The van der Waals surface area contributed by atoms with Gasteiger partial charge in [0.1, 0.15) is 22.7 Å². The van der Waals surface area contributed by atoms with E-state index in [9.17, 15) is 4.79 Å². The van der Waals surface area contributed by atoms with Gasteiger partial charge in [0.2, 0.25) is 0 Å². The van der Waals surface area contributed by atoms with Crippen LogP contribution in [0.25, 0.3) is 11.3 Å². The molecular formula is C24H24Cl2N4O2. The summed E-state index contributed by atoms with van der Waals surface area (Å²) in [5.41, 5.74) is 2.61. The zero-order chi connectivity index (χ0) is 22.5. The van der Waals surface area contributed by atoms with Crippen molar-refractivity contribution < 1.29 is 9.53 Å². The summed E-state index contributed by atoms with van der Waals surface area (Å²) in [4.78, 5) is 14.1. The largest absolute Gasteiger partial charge is 0.482 e. The minimum Gasteiger partial charge on any atom is -0.482 e. The summed E-state index contributed by atoms with van der Waals surface area (Å²) in [6.45, 7) is 5.44. The Hall–Kier alpha value is -2.54. The second-order valence-electron chi connectivity index (χ2n) is 8.66. The third-order valence-corrected chi connectivity index (χ3v) is 6.57. The molecule has 1 saturated heterocycles. The molecule has 32 heavy (non-hydrogen) atoms. The van der Waals surface area contributed by atoms with Crippen molar-refractivity contribution >= 4 is 34.8 Å². The van der Waals surface area contributed by atoms with E-state index in [1.165, 1.54) is 0 Å². The van der Waals surface area contributed by atoms with Gasteiger partial charge >= 0.3 is 0 Å². The fraction of sp³-hybridized carbons (Fsp3) is 0.333. The molecule has 166 valence electrons. The first-order valence-corrected chi connectivity index (χ1v) is 11.5. The Bertz CT molecular complexity index is 1180. The minimum absolute atomic E-state index is 0.221. The maximum Gasteiger partial charge on any atom is 0.291 e. The molecule has 0 aliphatic carbocycles. The number of ether oxygens (including phenoxy) is 1. The number of nitrogens with one attached hydrogen (secondary N) is 1. The van der Waals surface area contributed by atoms with Crippen molar-refractivity contribution in [2.45, 2.75) is 38.7 Å². The number of amides is 1. The number of anilines is 1. The number of carbonyl (C=O) groups is 1. The number of aromatic nitrogens is 2. The fourth-order valence-corrected chi connectivity index (χ4v) is 5.07. The van der Waals surface area contributed by atoms with E-state index in [0.717, 1.165) is 54.9 Å². The summed E-state index contributed by atoms with van der Waals surface area (Å²) in [6.07, 6.45) is 3.17. The predicted molar refractivity (Wildman–Crippen MR) is 126 cm³/mol. The van der Waals surface area contributed by atoms with Gasteiger partial charge in [-0.2, -0.15) is 5.10 Å². The molecule has 0 atom stereocenters. The van der Waals surface area contributed by atoms with E-state index in [-0.39, 0.29) is 5.91 Å². The van der Waals surface area contributed by atoms with Gasteiger partial charge in [-0.1, -0.05) is 41.8 Å². The fourth-order valence-electron chi connectivity index (χ4n) is 4.58. The van der Waals surface area contributed by atoms with Crippen LogP contribution in [0, 0.1) is 0 Å². The Labute approximate surface area is 197 Å². The first kappa shape index (κ1) is 21.3. The van der Waals surface area contributed by atoms with Gasteiger partial charge in [-0.3, -0.25) is 9.89 Å². The Morgan fingerprint density at radius 2 is 1.88 bits per heavy atom. The molecule has 0 radical (unpaired) electrons. The van der Waals surface area contributed by atoms with Crippen LogP contribution in [0.15, 0.2) is 42.5 Å². The molecule has 2 aromatic carbocycles. The number of hydrogen-bond acceptors (Lipinski definition) is 4. The van der Waals surface area contributed by atoms with E-state index in [1.54, 1.807) is 23.2 Å². The number of fused-ring (bicyclic) bond motifs is 3. The Kier molecular flexibility index (Phi) is 5.40. The lowest BCUT2D eigenvalue weighted by molar-refractivity contribution is 0.0833. The van der Waals surface area contributed by atoms with Gasteiger partial charge in [-0.15, -0.1) is 0 Å². The van der Waals surface area contributed by atoms with Gasteiger partial charge in [0.15, 0.2) is 0 Å². The summed E-state index contributed by atoms with van der Waals surface area (Å²) in [5.74, 6) is 0.532. The molecule has 3 aromatic rings. The number of piperidine rings is 1. The van der Waals surface area contributed by atoms with E-state index >= 15 is 0 Å². The minimum atomic E-state index is -0.737. The molecule has 1 fully saturated rings. The molecule has 5 rings (SSSR count). The molecule has 3 heterocycles. The molecule has 0 bridgehead atoms. The van der Waals surface area contributed by atoms with Crippen LogP contribution in [0.5, 0.6) is 5.75 Å². The molecule has 0 saturated carbocycles. The molecule has 0 unspecified atom stereocenters. The number of benzene rings is 2. The molecule has 8 heteroatoms. The summed E-state index contributed by atoms with van der Waals surface area (Å²) >= 11 is 12.7. The van der Waals surface area contributed by atoms with Crippen molar-refractivity contribution in [2.75, 3.05) is 18.1 Å². The van der Waals surface area contributed by atoms with Crippen molar-refractivity contribution in [3.05, 3.63) is 63.8 Å². The highest BCUT2D eigenvalue weighted by molar-refractivity contribution is 6.37. The van der Waals surface area contributed by atoms with Crippen molar-refractivity contribution in [1.82, 2.24) is 15.2 Å². The van der Waals surface area contributed by atoms with Gasteiger partial charge in [-0.25, -0.2) is 10.0 Å². The van der Waals surface area contributed by atoms with Crippen LogP contribution in [-0.2, 0) is 5.60 Å². The number of hydrogen-bond donors (Lipinski definition) is 1. The molecule has 1 amide bonds. The zero-order valence-electron chi connectivity index (χ0n) is 18.0. The van der Waals surface area contributed by atoms with Crippen molar-refractivity contribution in [3.63, 3.8) is 0 Å². The first-order valence-electron chi connectivity index (χ1n) is 10.8. The topological polar surface area (TPSA) is 61.5 Å². The third kappa shape index (κ3) is 3.56. The summed E-state index contributed by atoms with van der Waals surface area (Å²) < 4.78 is 6.28. The number of para-hydroxylation sites is 1. The number of hydrazine groups is 1. The molecule has 6 nitrogen and oxygen atoms in total. The van der Waals surface area contributed by atoms with Crippen LogP contribution in [-0.4, -0.2) is 34.2 Å². The summed E-state index contributed by atoms with van der Waals surface area (Å²) in [6, 6.07) is 12.9. The van der Waals surface area contributed by atoms with E-state index in [4.69, 9.17) is 27.9 Å². The van der Waals surface area contributed by atoms with Crippen LogP contribution in [0.4, 0.5) is 5.69 Å². The first-order chi connectivity index (χ1) is 15.4. The lowest BCUT2D eigenvalue weighted by Gasteiger charge is -2.38. The van der Waals surface area contributed by atoms with Gasteiger partial charge in [0, 0.05) is 23.7 Å². The Morgan fingerprint density at radius 1 is 1.12 bits per heavy atom. The second kappa shape index (κ2) is 8.10. The highest BCUT2D eigenvalue weighted by Gasteiger charge is 2.41. The highest BCUT2D eigenvalue weighted by Crippen LogP contribution is 2.46. The van der Waals surface area contributed by atoms with Crippen molar-refractivity contribution in [3.8, 4) is 17.0 Å².